The summed E-state index contributed by atoms with van der Waals surface area (Å²) in [5.41, 5.74) is 3.81. The lowest BCUT2D eigenvalue weighted by molar-refractivity contribution is -0.121. The standard InChI is InChI=1S/C15H18ClN3O/c1-10-13(11(2)19(3)18-10)9-17-15(20)14(16)12-7-5-4-6-8-12/h4-8,14H,9H2,1-3H3,(H,17,20). The van der Waals surface area contributed by atoms with E-state index in [1.807, 2.05) is 55.9 Å². The number of amides is 1. The monoisotopic (exact) mass is 291 g/mol. The van der Waals surface area contributed by atoms with Gasteiger partial charge < -0.3 is 5.32 Å². The second kappa shape index (κ2) is 6.09. The van der Waals surface area contributed by atoms with Crippen molar-refractivity contribution < 1.29 is 4.79 Å². The van der Waals surface area contributed by atoms with Crippen LogP contribution in [0.25, 0.3) is 0 Å². The van der Waals surface area contributed by atoms with E-state index in [0.717, 1.165) is 22.5 Å². The first kappa shape index (κ1) is 14.6. The summed E-state index contributed by atoms with van der Waals surface area (Å²) in [4.78, 5) is 12.1. The van der Waals surface area contributed by atoms with Crippen molar-refractivity contribution in [2.24, 2.45) is 7.05 Å². The van der Waals surface area contributed by atoms with Crippen LogP contribution in [0.5, 0.6) is 0 Å². The van der Waals surface area contributed by atoms with Gasteiger partial charge in [-0.05, 0) is 19.4 Å². The number of nitrogens with zero attached hydrogens (tertiary/aromatic N) is 2. The maximum atomic E-state index is 12.1. The molecule has 0 radical (unpaired) electrons. The first-order valence-corrected chi connectivity index (χ1v) is 6.90. The van der Waals surface area contributed by atoms with E-state index in [1.54, 1.807) is 0 Å². The predicted octanol–water partition coefficient (Wildman–Crippen LogP) is 2.63. The van der Waals surface area contributed by atoms with Crippen LogP contribution in [0.3, 0.4) is 0 Å². The summed E-state index contributed by atoms with van der Waals surface area (Å²) < 4.78 is 1.81. The number of rotatable bonds is 4. The summed E-state index contributed by atoms with van der Waals surface area (Å²) in [6, 6.07) is 9.32. The molecule has 0 aliphatic carbocycles. The normalized spacial score (nSPS) is 12.2. The summed E-state index contributed by atoms with van der Waals surface area (Å²) in [7, 11) is 1.89. The molecule has 0 bridgehead atoms. The molecule has 1 atom stereocenters. The Labute approximate surface area is 123 Å². The molecule has 0 fully saturated rings. The van der Waals surface area contributed by atoms with Crippen LogP contribution in [0.15, 0.2) is 30.3 Å². The summed E-state index contributed by atoms with van der Waals surface area (Å²) in [5, 5.41) is 6.52. The number of benzene rings is 1. The van der Waals surface area contributed by atoms with Crippen molar-refractivity contribution in [1.82, 2.24) is 15.1 Å². The molecule has 0 saturated carbocycles. The quantitative estimate of drug-likeness (QED) is 0.880. The van der Waals surface area contributed by atoms with Gasteiger partial charge in [0.05, 0.1) is 5.69 Å². The van der Waals surface area contributed by atoms with E-state index in [1.165, 1.54) is 0 Å². The van der Waals surface area contributed by atoms with E-state index < -0.39 is 5.38 Å². The average molecular weight is 292 g/mol. The van der Waals surface area contributed by atoms with Crippen molar-refractivity contribution in [3.05, 3.63) is 52.8 Å². The smallest absolute Gasteiger partial charge is 0.242 e. The molecule has 1 amide bonds. The number of carbonyl (C=O) groups excluding carboxylic acids is 1. The average Bonchev–Trinajstić information content (AvgIpc) is 2.70. The summed E-state index contributed by atoms with van der Waals surface area (Å²) in [6.45, 7) is 4.36. The fourth-order valence-electron chi connectivity index (χ4n) is 2.11. The Morgan fingerprint density at radius 1 is 1.35 bits per heavy atom. The van der Waals surface area contributed by atoms with Crippen molar-refractivity contribution in [1.29, 1.82) is 0 Å². The number of aryl methyl sites for hydroxylation is 2. The van der Waals surface area contributed by atoms with Crippen LogP contribution in [0.2, 0.25) is 0 Å². The second-order valence-electron chi connectivity index (χ2n) is 4.76. The first-order valence-electron chi connectivity index (χ1n) is 6.46. The molecule has 1 N–H and O–H groups in total. The van der Waals surface area contributed by atoms with Gasteiger partial charge in [0, 0.05) is 24.8 Å². The van der Waals surface area contributed by atoms with E-state index in [4.69, 9.17) is 11.6 Å². The van der Waals surface area contributed by atoms with E-state index in [9.17, 15) is 4.79 Å². The van der Waals surface area contributed by atoms with Gasteiger partial charge in [0.15, 0.2) is 0 Å². The first-order chi connectivity index (χ1) is 9.50. The lowest BCUT2D eigenvalue weighted by Gasteiger charge is -2.11. The number of nitrogens with one attached hydrogen (secondary N) is 1. The van der Waals surface area contributed by atoms with Gasteiger partial charge in [-0.3, -0.25) is 9.48 Å². The Kier molecular flexibility index (Phi) is 4.45. The molecule has 1 aromatic heterocycles. The second-order valence-corrected chi connectivity index (χ2v) is 5.20. The Morgan fingerprint density at radius 2 is 2.00 bits per heavy atom. The zero-order valence-corrected chi connectivity index (χ0v) is 12.6. The number of halogens is 1. The van der Waals surface area contributed by atoms with Gasteiger partial charge in [-0.1, -0.05) is 30.3 Å². The van der Waals surface area contributed by atoms with Crippen molar-refractivity contribution in [3.63, 3.8) is 0 Å². The molecule has 1 heterocycles. The highest BCUT2D eigenvalue weighted by Gasteiger charge is 2.18. The largest absolute Gasteiger partial charge is 0.350 e. The maximum absolute atomic E-state index is 12.1. The van der Waals surface area contributed by atoms with Crippen molar-refractivity contribution in [2.45, 2.75) is 25.8 Å². The van der Waals surface area contributed by atoms with E-state index in [-0.39, 0.29) is 5.91 Å². The van der Waals surface area contributed by atoms with Gasteiger partial charge in [0.2, 0.25) is 5.91 Å². The molecule has 2 aromatic rings. The summed E-state index contributed by atoms with van der Waals surface area (Å²) in [6.07, 6.45) is 0. The van der Waals surface area contributed by atoms with Crippen molar-refractivity contribution in [3.8, 4) is 0 Å². The van der Waals surface area contributed by atoms with Crippen LogP contribution >= 0.6 is 11.6 Å². The summed E-state index contributed by atoms with van der Waals surface area (Å²) in [5.74, 6) is -0.194. The topological polar surface area (TPSA) is 46.9 Å². The van der Waals surface area contributed by atoms with Gasteiger partial charge in [-0.25, -0.2) is 0 Å². The lowest BCUT2D eigenvalue weighted by Crippen LogP contribution is -2.27. The zero-order chi connectivity index (χ0) is 14.7. The number of hydrogen-bond donors (Lipinski definition) is 1. The van der Waals surface area contributed by atoms with E-state index in [2.05, 4.69) is 10.4 Å². The molecular formula is C15H18ClN3O. The van der Waals surface area contributed by atoms with Crippen LogP contribution < -0.4 is 5.32 Å². The third-order valence-corrected chi connectivity index (χ3v) is 3.87. The molecular weight excluding hydrogens is 274 g/mol. The number of alkyl halides is 1. The van der Waals surface area contributed by atoms with Crippen LogP contribution in [0.4, 0.5) is 0 Å². The van der Waals surface area contributed by atoms with Crippen LogP contribution in [0.1, 0.15) is 27.9 Å². The Hall–Kier alpha value is -1.81. The molecule has 20 heavy (non-hydrogen) atoms. The Morgan fingerprint density at radius 3 is 2.55 bits per heavy atom. The minimum atomic E-state index is -0.673. The predicted molar refractivity (Wildman–Crippen MR) is 79.6 cm³/mol. The SMILES string of the molecule is Cc1nn(C)c(C)c1CNC(=O)C(Cl)c1ccccc1. The third kappa shape index (κ3) is 3.02. The van der Waals surface area contributed by atoms with E-state index >= 15 is 0 Å². The van der Waals surface area contributed by atoms with Crippen LogP contribution in [0, 0.1) is 13.8 Å². The molecule has 1 aromatic carbocycles. The zero-order valence-electron chi connectivity index (χ0n) is 11.9. The highest BCUT2D eigenvalue weighted by molar-refractivity contribution is 6.30. The molecule has 0 saturated heterocycles. The molecule has 0 spiro atoms. The maximum Gasteiger partial charge on any atom is 0.242 e. The summed E-state index contributed by atoms with van der Waals surface area (Å²) >= 11 is 6.17. The highest BCUT2D eigenvalue weighted by Crippen LogP contribution is 2.20. The fraction of sp³-hybridized carbons (Fsp3) is 0.333. The molecule has 1 unspecified atom stereocenters. The van der Waals surface area contributed by atoms with Crippen molar-refractivity contribution in [2.75, 3.05) is 0 Å². The van der Waals surface area contributed by atoms with Gasteiger partial charge in [-0.15, -0.1) is 11.6 Å². The third-order valence-electron chi connectivity index (χ3n) is 3.42. The molecule has 2 rings (SSSR count). The van der Waals surface area contributed by atoms with Gasteiger partial charge in [0.1, 0.15) is 5.38 Å². The molecule has 0 aliphatic rings. The van der Waals surface area contributed by atoms with Gasteiger partial charge >= 0.3 is 0 Å². The Bertz CT molecular complexity index is 607. The highest BCUT2D eigenvalue weighted by atomic mass is 35.5. The minimum absolute atomic E-state index is 0.194. The van der Waals surface area contributed by atoms with E-state index in [0.29, 0.717) is 6.54 Å². The molecule has 0 aliphatic heterocycles. The van der Waals surface area contributed by atoms with Gasteiger partial charge in [0.25, 0.3) is 0 Å². The fourth-order valence-corrected chi connectivity index (χ4v) is 2.33. The van der Waals surface area contributed by atoms with Crippen LogP contribution in [-0.4, -0.2) is 15.7 Å². The molecule has 5 heteroatoms. The molecule has 4 nitrogen and oxygen atoms in total. The number of hydrogen-bond acceptors (Lipinski definition) is 2. The van der Waals surface area contributed by atoms with Crippen molar-refractivity contribution >= 4 is 17.5 Å². The number of aromatic nitrogens is 2. The molecule has 106 valence electrons. The van der Waals surface area contributed by atoms with Gasteiger partial charge in [-0.2, -0.15) is 5.10 Å². The lowest BCUT2D eigenvalue weighted by atomic mass is 10.1. The Balaban J connectivity index is 2.02. The minimum Gasteiger partial charge on any atom is -0.350 e. The number of carbonyl (C=O) groups is 1. The van der Waals surface area contributed by atoms with Crippen LogP contribution in [-0.2, 0) is 18.4 Å².